The molecule has 0 saturated heterocycles. The summed E-state index contributed by atoms with van der Waals surface area (Å²) < 4.78 is 0. The summed E-state index contributed by atoms with van der Waals surface area (Å²) in [6.45, 7) is 5.87. The third kappa shape index (κ3) is 4.89. The first kappa shape index (κ1) is 16.6. The van der Waals surface area contributed by atoms with Crippen LogP contribution >= 0.6 is 11.8 Å². The van der Waals surface area contributed by atoms with Crippen molar-refractivity contribution in [3.8, 4) is 0 Å². The second-order valence-corrected chi connectivity index (χ2v) is 6.09. The van der Waals surface area contributed by atoms with E-state index in [0.29, 0.717) is 5.75 Å². The van der Waals surface area contributed by atoms with Crippen LogP contribution in [0.15, 0.2) is 23.1 Å². The molecule has 0 radical (unpaired) electrons. The van der Waals surface area contributed by atoms with Gasteiger partial charge in [-0.25, -0.2) is 0 Å². The summed E-state index contributed by atoms with van der Waals surface area (Å²) in [5.74, 6) is -1.15. The minimum absolute atomic E-state index is 0.0518. The average Bonchev–Trinajstić information content (AvgIpc) is 2.39. The number of hydrogen-bond donors (Lipinski definition) is 1. The number of aryl methyl sites for hydroxylation is 2. The Morgan fingerprint density at radius 2 is 2.00 bits per heavy atom. The van der Waals surface area contributed by atoms with Crippen molar-refractivity contribution in [1.82, 2.24) is 4.90 Å². The molecule has 0 spiro atoms. The van der Waals surface area contributed by atoms with Crippen LogP contribution in [0.3, 0.4) is 0 Å². The third-order valence-corrected chi connectivity index (χ3v) is 4.23. The number of hydrogen-bond acceptors (Lipinski definition) is 3. The molecule has 20 heavy (non-hydrogen) atoms. The molecule has 1 unspecified atom stereocenters. The minimum atomic E-state index is -0.883. The maximum absolute atomic E-state index is 12.0. The lowest BCUT2D eigenvalue weighted by molar-refractivity contribution is -0.142. The second kappa shape index (κ2) is 7.33. The molecule has 1 aromatic rings. The van der Waals surface area contributed by atoms with Gasteiger partial charge in [-0.1, -0.05) is 24.6 Å². The molecule has 0 saturated carbocycles. The van der Waals surface area contributed by atoms with Crippen LogP contribution in [0.5, 0.6) is 0 Å². The van der Waals surface area contributed by atoms with Gasteiger partial charge >= 0.3 is 5.97 Å². The van der Waals surface area contributed by atoms with Crippen molar-refractivity contribution in [1.29, 1.82) is 0 Å². The van der Waals surface area contributed by atoms with Gasteiger partial charge in [0, 0.05) is 18.5 Å². The first-order valence-corrected chi connectivity index (χ1v) is 7.46. The Morgan fingerprint density at radius 3 is 2.60 bits per heavy atom. The highest BCUT2D eigenvalue weighted by molar-refractivity contribution is 8.00. The van der Waals surface area contributed by atoms with Crippen LogP contribution in [0.2, 0.25) is 0 Å². The molecular formula is C15H21NO3S. The number of nitrogens with zero attached hydrogens (tertiary/aromatic N) is 1. The van der Waals surface area contributed by atoms with Crippen LogP contribution < -0.4 is 0 Å². The molecule has 1 atom stereocenters. The van der Waals surface area contributed by atoms with E-state index in [2.05, 4.69) is 6.07 Å². The molecular weight excluding hydrogens is 274 g/mol. The summed E-state index contributed by atoms with van der Waals surface area (Å²) in [5, 5.41) is 8.84. The van der Waals surface area contributed by atoms with Crippen molar-refractivity contribution in [3.05, 3.63) is 29.3 Å². The van der Waals surface area contributed by atoms with Gasteiger partial charge in [-0.05, 0) is 25.5 Å². The number of carboxylic acids is 1. The van der Waals surface area contributed by atoms with E-state index in [0.717, 1.165) is 10.5 Å². The fourth-order valence-electron chi connectivity index (χ4n) is 1.70. The maximum Gasteiger partial charge on any atom is 0.308 e. The summed E-state index contributed by atoms with van der Waals surface area (Å²) in [7, 11) is 1.64. The molecule has 1 amide bonds. The van der Waals surface area contributed by atoms with E-state index in [1.165, 1.54) is 22.2 Å². The van der Waals surface area contributed by atoms with E-state index in [-0.39, 0.29) is 12.5 Å². The van der Waals surface area contributed by atoms with Gasteiger partial charge in [-0.15, -0.1) is 11.8 Å². The molecule has 0 heterocycles. The van der Waals surface area contributed by atoms with Crippen LogP contribution in [-0.2, 0) is 9.59 Å². The second-order valence-electron chi connectivity index (χ2n) is 5.07. The number of amides is 1. The lowest BCUT2D eigenvalue weighted by Gasteiger charge is -2.19. The third-order valence-electron chi connectivity index (χ3n) is 3.09. The van der Waals surface area contributed by atoms with E-state index < -0.39 is 11.9 Å². The van der Waals surface area contributed by atoms with Gasteiger partial charge in [0.2, 0.25) is 5.91 Å². The van der Waals surface area contributed by atoms with E-state index in [9.17, 15) is 9.59 Å². The first-order valence-electron chi connectivity index (χ1n) is 6.48. The summed E-state index contributed by atoms with van der Waals surface area (Å²) in [6.07, 6.45) is 0. The number of thioether (sulfide) groups is 1. The lowest BCUT2D eigenvalue weighted by atomic mass is 10.2. The Hall–Kier alpha value is -1.49. The Morgan fingerprint density at radius 1 is 1.35 bits per heavy atom. The highest BCUT2D eigenvalue weighted by Crippen LogP contribution is 2.23. The summed E-state index contributed by atoms with van der Waals surface area (Å²) in [5.41, 5.74) is 2.31. The number of carbonyl (C=O) groups is 2. The Balaban J connectivity index is 2.54. The van der Waals surface area contributed by atoms with Gasteiger partial charge in [0.25, 0.3) is 0 Å². The molecule has 110 valence electrons. The predicted octanol–water partition coefficient (Wildman–Crippen LogP) is 2.57. The van der Waals surface area contributed by atoms with Gasteiger partial charge < -0.3 is 10.0 Å². The molecule has 0 aliphatic heterocycles. The molecule has 0 aliphatic rings. The summed E-state index contributed by atoms with van der Waals surface area (Å²) >= 11 is 1.49. The smallest absolute Gasteiger partial charge is 0.308 e. The van der Waals surface area contributed by atoms with Crippen molar-refractivity contribution < 1.29 is 14.7 Å². The molecule has 1 aromatic carbocycles. The topological polar surface area (TPSA) is 57.6 Å². The lowest BCUT2D eigenvalue weighted by Crippen LogP contribution is -2.34. The van der Waals surface area contributed by atoms with Gasteiger partial charge in [0.1, 0.15) is 0 Å². The van der Waals surface area contributed by atoms with Crippen LogP contribution in [0.25, 0.3) is 0 Å². The van der Waals surface area contributed by atoms with Crippen LogP contribution in [0, 0.1) is 19.8 Å². The molecule has 0 bridgehead atoms. The summed E-state index contributed by atoms with van der Waals surface area (Å²) in [6, 6.07) is 6.15. The molecule has 1 rings (SSSR count). The monoisotopic (exact) mass is 295 g/mol. The quantitative estimate of drug-likeness (QED) is 0.820. The fraction of sp³-hybridized carbons (Fsp3) is 0.467. The highest BCUT2D eigenvalue weighted by atomic mass is 32.2. The molecule has 4 nitrogen and oxygen atoms in total. The Bertz CT molecular complexity index is 502. The maximum atomic E-state index is 12.0. The number of carboxylic acid groups (broad SMARTS) is 1. The summed E-state index contributed by atoms with van der Waals surface area (Å²) in [4.78, 5) is 25.3. The SMILES string of the molecule is Cc1ccc(C)c(SCC(=O)N(C)CC(C)C(=O)O)c1. The van der Waals surface area contributed by atoms with E-state index in [1.54, 1.807) is 14.0 Å². The van der Waals surface area contributed by atoms with Crippen molar-refractivity contribution in [2.45, 2.75) is 25.7 Å². The molecule has 0 fully saturated rings. The molecule has 0 aromatic heterocycles. The largest absolute Gasteiger partial charge is 0.481 e. The average molecular weight is 295 g/mol. The van der Waals surface area contributed by atoms with E-state index >= 15 is 0 Å². The zero-order chi connectivity index (χ0) is 15.3. The number of carbonyl (C=O) groups excluding carboxylic acids is 1. The van der Waals surface area contributed by atoms with E-state index in [4.69, 9.17) is 5.11 Å². The van der Waals surface area contributed by atoms with Crippen molar-refractivity contribution in [3.63, 3.8) is 0 Å². The highest BCUT2D eigenvalue weighted by Gasteiger charge is 2.17. The van der Waals surface area contributed by atoms with Gasteiger partial charge in [0.05, 0.1) is 11.7 Å². The van der Waals surface area contributed by atoms with E-state index in [1.807, 2.05) is 26.0 Å². The van der Waals surface area contributed by atoms with Crippen LogP contribution in [-0.4, -0.2) is 41.2 Å². The predicted molar refractivity (Wildman–Crippen MR) is 81.1 cm³/mol. The molecule has 1 N–H and O–H groups in total. The number of rotatable bonds is 6. The molecule has 0 aliphatic carbocycles. The number of aliphatic carboxylic acids is 1. The van der Waals surface area contributed by atoms with Gasteiger partial charge in [-0.3, -0.25) is 9.59 Å². The minimum Gasteiger partial charge on any atom is -0.481 e. The zero-order valence-corrected chi connectivity index (χ0v) is 13.2. The zero-order valence-electron chi connectivity index (χ0n) is 12.3. The van der Waals surface area contributed by atoms with Crippen molar-refractivity contribution in [2.75, 3.05) is 19.3 Å². The van der Waals surface area contributed by atoms with Crippen LogP contribution in [0.4, 0.5) is 0 Å². The fourth-order valence-corrected chi connectivity index (χ4v) is 2.77. The molecule has 5 heteroatoms. The van der Waals surface area contributed by atoms with Gasteiger partial charge in [-0.2, -0.15) is 0 Å². The van der Waals surface area contributed by atoms with Gasteiger partial charge in [0.15, 0.2) is 0 Å². The van der Waals surface area contributed by atoms with Crippen molar-refractivity contribution >= 4 is 23.6 Å². The Labute approximate surface area is 124 Å². The number of benzene rings is 1. The normalized spacial score (nSPS) is 12.0. The standard InChI is InChI=1S/C15H21NO3S/c1-10-5-6-11(2)13(7-10)20-9-14(17)16(4)8-12(3)15(18)19/h5-7,12H,8-9H2,1-4H3,(H,18,19). The van der Waals surface area contributed by atoms with Crippen LogP contribution in [0.1, 0.15) is 18.1 Å². The van der Waals surface area contributed by atoms with Crippen molar-refractivity contribution in [2.24, 2.45) is 5.92 Å². The first-order chi connectivity index (χ1) is 9.31. The Kier molecular flexibility index (Phi) is 6.07.